The Morgan fingerprint density at radius 1 is 1.16 bits per heavy atom. The quantitative estimate of drug-likeness (QED) is 0.799. The monoisotopic (exact) mass is 301 g/mol. The van der Waals surface area contributed by atoms with Crippen LogP contribution in [0.2, 0.25) is 0 Å². The summed E-state index contributed by atoms with van der Waals surface area (Å²) in [5.41, 5.74) is 8.88. The molecule has 19 heavy (non-hydrogen) atoms. The molecule has 0 spiro atoms. The van der Waals surface area contributed by atoms with Gasteiger partial charge in [-0.15, -0.1) is 24.8 Å². The Hall–Kier alpha value is -0.930. The Morgan fingerprint density at radius 2 is 1.84 bits per heavy atom. The highest BCUT2D eigenvalue weighted by Gasteiger charge is 2.19. The summed E-state index contributed by atoms with van der Waals surface area (Å²) in [5, 5.41) is 0. The van der Waals surface area contributed by atoms with E-state index < -0.39 is 0 Å². The number of nitrogen functional groups attached to an aromatic ring is 1. The second kappa shape index (κ2) is 6.49. The van der Waals surface area contributed by atoms with E-state index in [0.29, 0.717) is 6.04 Å². The molecule has 0 saturated heterocycles. The predicted molar refractivity (Wildman–Crippen MR) is 85.5 cm³/mol. The van der Waals surface area contributed by atoms with E-state index in [1.807, 2.05) is 12.1 Å². The lowest BCUT2D eigenvalue weighted by Gasteiger charge is -2.24. The van der Waals surface area contributed by atoms with Gasteiger partial charge in [0.1, 0.15) is 5.82 Å². The summed E-state index contributed by atoms with van der Waals surface area (Å²) in [6.07, 6.45) is 6.65. The van der Waals surface area contributed by atoms with E-state index in [1.165, 1.54) is 37.6 Å². The molecule has 0 radical (unpaired) electrons. The van der Waals surface area contributed by atoms with Gasteiger partial charge in [0.05, 0.1) is 11.0 Å². The maximum Gasteiger partial charge on any atom is 0.106 e. The zero-order valence-corrected chi connectivity index (χ0v) is 12.8. The SMILES string of the molecule is Cc1nc2cc(N)ccc2n1C1CCCCC1.Cl.Cl. The van der Waals surface area contributed by atoms with Crippen LogP contribution in [-0.2, 0) is 0 Å². The predicted octanol–water partition coefficient (Wildman–Crippen LogP) is 4.28. The van der Waals surface area contributed by atoms with Gasteiger partial charge in [0.25, 0.3) is 0 Å². The Bertz CT molecular complexity index is 545. The van der Waals surface area contributed by atoms with E-state index in [-0.39, 0.29) is 24.8 Å². The van der Waals surface area contributed by atoms with Crippen LogP contribution < -0.4 is 5.73 Å². The van der Waals surface area contributed by atoms with Gasteiger partial charge in [0.15, 0.2) is 0 Å². The molecule has 1 heterocycles. The normalized spacial score (nSPS) is 15.8. The highest BCUT2D eigenvalue weighted by atomic mass is 35.5. The first-order chi connectivity index (χ1) is 8.25. The molecule has 2 N–H and O–H groups in total. The van der Waals surface area contributed by atoms with E-state index >= 15 is 0 Å². The number of aromatic nitrogens is 2. The van der Waals surface area contributed by atoms with Gasteiger partial charge < -0.3 is 10.3 Å². The van der Waals surface area contributed by atoms with Crippen molar-refractivity contribution in [3.05, 3.63) is 24.0 Å². The maximum atomic E-state index is 5.81. The van der Waals surface area contributed by atoms with E-state index in [1.54, 1.807) is 0 Å². The van der Waals surface area contributed by atoms with Crippen molar-refractivity contribution in [2.45, 2.75) is 45.1 Å². The van der Waals surface area contributed by atoms with Gasteiger partial charge in [-0.1, -0.05) is 19.3 Å². The van der Waals surface area contributed by atoms with Crippen molar-refractivity contribution in [3.63, 3.8) is 0 Å². The lowest BCUT2D eigenvalue weighted by Crippen LogP contribution is -2.13. The Balaban J connectivity index is 0.000000902. The fourth-order valence-corrected chi connectivity index (χ4v) is 3.04. The molecular formula is C14H21Cl2N3. The Kier molecular flexibility index (Phi) is 5.50. The van der Waals surface area contributed by atoms with Crippen LogP contribution in [0.3, 0.4) is 0 Å². The first-order valence-corrected chi connectivity index (χ1v) is 6.50. The number of nitrogens with zero attached hydrogens (tertiary/aromatic N) is 2. The fraction of sp³-hybridized carbons (Fsp3) is 0.500. The molecule has 1 aliphatic carbocycles. The van der Waals surface area contributed by atoms with Gasteiger partial charge in [-0.3, -0.25) is 0 Å². The van der Waals surface area contributed by atoms with E-state index in [0.717, 1.165) is 17.0 Å². The van der Waals surface area contributed by atoms with Crippen LogP contribution in [0.15, 0.2) is 18.2 Å². The van der Waals surface area contributed by atoms with Gasteiger partial charge in [-0.25, -0.2) is 4.98 Å². The summed E-state index contributed by atoms with van der Waals surface area (Å²) in [5.74, 6) is 1.12. The number of anilines is 1. The molecule has 0 amide bonds. The van der Waals surface area contributed by atoms with Crippen molar-refractivity contribution >= 4 is 41.5 Å². The number of halogens is 2. The van der Waals surface area contributed by atoms with Gasteiger partial charge in [-0.05, 0) is 38.0 Å². The van der Waals surface area contributed by atoms with Crippen LogP contribution >= 0.6 is 24.8 Å². The third kappa shape index (κ3) is 2.98. The van der Waals surface area contributed by atoms with E-state index in [9.17, 15) is 0 Å². The molecule has 106 valence electrons. The molecule has 0 aliphatic heterocycles. The summed E-state index contributed by atoms with van der Waals surface area (Å²) in [4.78, 5) is 4.63. The van der Waals surface area contributed by atoms with Crippen LogP contribution in [0.1, 0.15) is 44.0 Å². The molecule has 2 aromatic rings. The second-order valence-electron chi connectivity index (χ2n) is 5.07. The standard InChI is InChI=1S/C14H19N3.2ClH/c1-10-16-13-9-11(15)7-8-14(13)17(10)12-5-3-2-4-6-12;;/h7-9,12H,2-6,15H2,1H3;2*1H. The minimum Gasteiger partial charge on any atom is -0.399 e. The summed E-state index contributed by atoms with van der Waals surface area (Å²) >= 11 is 0. The molecule has 1 aliphatic rings. The smallest absolute Gasteiger partial charge is 0.106 e. The molecule has 0 bridgehead atoms. The van der Waals surface area contributed by atoms with Gasteiger partial charge in [0, 0.05) is 11.7 Å². The number of nitrogens with two attached hydrogens (primary N) is 1. The first kappa shape index (κ1) is 16.1. The third-order valence-electron chi connectivity index (χ3n) is 3.83. The number of imidazole rings is 1. The minimum absolute atomic E-state index is 0. The molecular weight excluding hydrogens is 281 g/mol. The van der Waals surface area contributed by atoms with Crippen molar-refractivity contribution in [2.24, 2.45) is 0 Å². The van der Waals surface area contributed by atoms with Gasteiger partial charge >= 0.3 is 0 Å². The van der Waals surface area contributed by atoms with Crippen molar-refractivity contribution in [1.29, 1.82) is 0 Å². The molecule has 3 rings (SSSR count). The van der Waals surface area contributed by atoms with E-state index in [2.05, 4.69) is 22.5 Å². The van der Waals surface area contributed by atoms with Crippen molar-refractivity contribution in [2.75, 3.05) is 5.73 Å². The minimum atomic E-state index is 0. The highest BCUT2D eigenvalue weighted by molar-refractivity contribution is 5.85. The van der Waals surface area contributed by atoms with Crippen molar-refractivity contribution in [3.8, 4) is 0 Å². The maximum absolute atomic E-state index is 5.81. The zero-order chi connectivity index (χ0) is 11.8. The fourth-order valence-electron chi connectivity index (χ4n) is 3.04. The molecule has 0 unspecified atom stereocenters. The number of benzene rings is 1. The lowest BCUT2D eigenvalue weighted by molar-refractivity contribution is 0.355. The molecule has 1 aromatic heterocycles. The van der Waals surface area contributed by atoms with Crippen LogP contribution in [0.4, 0.5) is 5.69 Å². The summed E-state index contributed by atoms with van der Waals surface area (Å²) < 4.78 is 2.41. The topological polar surface area (TPSA) is 43.8 Å². The van der Waals surface area contributed by atoms with E-state index in [4.69, 9.17) is 5.73 Å². The summed E-state index contributed by atoms with van der Waals surface area (Å²) in [6.45, 7) is 2.10. The van der Waals surface area contributed by atoms with Crippen molar-refractivity contribution in [1.82, 2.24) is 9.55 Å². The van der Waals surface area contributed by atoms with Crippen LogP contribution in [0.5, 0.6) is 0 Å². The lowest BCUT2D eigenvalue weighted by atomic mass is 9.95. The molecule has 1 saturated carbocycles. The molecule has 5 heteroatoms. The first-order valence-electron chi connectivity index (χ1n) is 6.50. The molecule has 0 atom stereocenters. The summed E-state index contributed by atoms with van der Waals surface area (Å²) in [6, 6.07) is 6.70. The average Bonchev–Trinajstić information content (AvgIpc) is 2.65. The Morgan fingerprint density at radius 3 is 2.53 bits per heavy atom. The largest absolute Gasteiger partial charge is 0.399 e. The molecule has 1 aromatic carbocycles. The number of aryl methyl sites for hydroxylation is 1. The number of hydrogen-bond acceptors (Lipinski definition) is 2. The average molecular weight is 302 g/mol. The van der Waals surface area contributed by atoms with Crippen LogP contribution in [0.25, 0.3) is 11.0 Å². The second-order valence-corrected chi connectivity index (χ2v) is 5.07. The summed E-state index contributed by atoms with van der Waals surface area (Å²) in [7, 11) is 0. The Labute approximate surface area is 126 Å². The number of fused-ring (bicyclic) bond motifs is 1. The molecule has 1 fully saturated rings. The van der Waals surface area contributed by atoms with Crippen LogP contribution in [0, 0.1) is 6.92 Å². The molecule has 3 nitrogen and oxygen atoms in total. The van der Waals surface area contributed by atoms with Gasteiger partial charge in [0.2, 0.25) is 0 Å². The number of rotatable bonds is 1. The van der Waals surface area contributed by atoms with Gasteiger partial charge in [-0.2, -0.15) is 0 Å². The number of hydrogen-bond donors (Lipinski definition) is 1. The van der Waals surface area contributed by atoms with Crippen molar-refractivity contribution < 1.29 is 0 Å². The third-order valence-corrected chi connectivity index (χ3v) is 3.83. The highest BCUT2D eigenvalue weighted by Crippen LogP contribution is 2.32. The van der Waals surface area contributed by atoms with Crippen LogP contribution in [-0.4, -0.2) is 9.55 Å². The zero-order valence-electron chi connectivity index (χ0n) is 11.1.